The van der Waals surface area contributed by atoms with E-state index in [1.54, 1.807) is 0 Å². The van der Waals surface area contributed by atoms with Gasteiger partial charge in [-0.3, -0.25) is 4.90 Å². The molecule has 1 fully saturated rings. The molecule has 0 spiro atoms. The van der Waals surface area contributed by atoms with E-state index in [0.29, 0.717) is 0 Å². The predicted octanol–water partition coefficient (Wildman–Crippen LogP) is 4.51. The molecule has 1 aromatic heterocycles. The average Bonchev–Trinajstić information content (AvgIpc) is 3.01. The highest BCUT2D eigenvalue weighted by Gasteiger charge is 2.27. The van der Waals surface area contributed by atoms with Gasteiger partial charge in [-0.25, -0.2) is 0 Å². The Hall–Kier alpha value is -1.81. The van der Waals surface area contributed by atoms with Gasteiger partial charge in [0, 0.05) is 23.5 Å². The molecule has 0 aliphatic carbocycles. The molecular weight excluding hydrogens is 310 g/mol. The van der Waals surface area contributed by atoms with E-state index in [1.165, 1.54) is 5.56 Å². The summed E-state index contributed by atoms with van der Waals surface area (Å²) in [5.74, 6) is 0.968. The number of hydrogen-bond donors (Lipinski definition) is 0. The SMILES string of the molecule is Clc1ccc(C(c2cc3ccccc3o2)N2CCOCC2)cc1. The van der Waals surface area contributed by atoms with E-state index in [-0.39, 0.29) is 6.04 Å². The Morgan fingerprint density at radius 1 is 0.957 bits per heavy atom. The highest BCUT2D eigenvalue weighted by atomic mass is 35.5. The second-order valence-corrected chi connectivity index (χ2v) is 6.23. The minimum atomic E-state index is 0.0866. The van der Waals surface area contributed by atoms with Crippen LogP contribution in [-0.4, -0.2) is 31.2 Å². The number of nitrogens with zero attached hydrogens (tertiary/aromatic N) is 1. The number of para-hydroxylation sites is 1. The van der Waals surface area contributed by atoms with E-state index in [1.807, 2.05) is 30.3 Å². The van der Waals surface area contributed by atoms with Gasteiger partial charge in [0.2, 0.25) is 0 Å². The summed E-state index contributed by atoms with van der Waals surface area (Å²) in [6.45, 7) is 3.29. The summed E-state index contributed by atoms with van der Waals surface area (Å²) in [5.41, 5.74) is 2.12. The van der Waals surface area contributed by atoms with Crippen molar-refractivity contribution in [1.29, 1.82) is 0 Å². The fraction of sp³-hybridized carbons (Fsp3) is 0.263. The Morgan fingerprint density at radius 2 is 1.70 bits per heavy atom. The molecule has 1 aliphatic rings. The topological polar surface area (TPSA) is 25.6 Å². The Kier molecular flexibility index (Phi) is 4.08. The summed E-state index contributed by atoms with van der Waals surface area (Å²) >= 11 is 6.06. The highest BCUT2D eigenvalue weighted by Crippen LogP contribution is 2.33. The van der Waals surface area contributed by atoms with Gasteiger partial charge >= 0.3 is 0 Å². The van der Waals surface area contributed by atoms with Crippen LogP contribution < -0.4 is 0 Å². The maximum atomic E-state index is 6.15. The van der Waals surface area contributed by atoms with Gasteiger partial charge in [0.1, 0.15) is 11.3 Å². The highest BCUT2D eigenvalue weighted by molar-refractivity contribution is 6.30. The van der Waals surface area contributed by atoms with Crippen molar-refractivity contribution in [2.45, 2.75) is 6.04 Å². The average molecular weight is 328 g/mol. The van der Waals surface area contributed by atoms with E-state index in [9.17, 15) is 0 Å². The summed E-state index contributed by atoms with van der Waals surface area (Å²) in [5, 5.41) is 1.88. The molecule has 0 N–H and O–H groups in total. The zero-order valence-electron chi connectivity index (χ0n) is 12.7. The minimum Gasteiger partial charge on any atom is -0.459 e. The first kappa shape index (κ1) is 14.8. The molecule has 1 unspecified atom stereocenters. The van der Waals surface area contributed by atoms with Crippen LogP contribution >= 0.6 is 11.6 Å². The number of hydrogen-bond acceptors (Lipinski definition) is 3. The number of benzene rings is 2. The summed E-state index contributed by atoms with van der Waals surface area (Å²) in [6, 6.07) is 18.4. The fourth-order valence-electron chi connectivity index (χ4n) is 3.17. The Balaban J connectivity index is 1.78. The van der Waals surface area contributed by atoms with Crippen LogP contribution in [0.5, 0.6) is 0 Å². The molecule has 4 rings (SSSR count). The smallest absolute Gasteiger partial charge is 0.134 e. The third-order valence-electron chi connectivity index (χ3n) is 4.31. The molecule has 2 heterocycles. The van der Waals surface area contributed by atoms with Crippen molar-refractivity contribution < 1.29 is 9.15 Å². The molecule has 3 aromatic rings. The van der Waals surface area contributed by atoms with Crippen molar-refractivity contribution in [1.82, 2.24) is 4.90 Å². The number of ether oxygens (including phenoxy) is 1. The number of rotatable bonds is 3. The number of furan rings is 1. The standard InChI is InChI=1S/C19H18ClNO2/c20-16-7-5-14(6-8-16)19(21-9-11-22-12-10-21)18-13-15-3-1-2-4-17(15)23-18/h1-8,13,19H,9-12H2. The number of fused-ring (bicyclic) bond motifs is 1. The molecule has 1 saturated heterocycles. The van der Waals surface area contributed by atoms with Gasteiger partial charge in [0.25, 0.3) is 0 Å². The monoisotopic (exact) mass is 327 g/mol. The lowest BCUT2D eigenvalue weighted by atomic mass is 10.0. The first-order chi connectivity index (χ1) is 11.3. The van der Waals surface area contributed by atoms with E-state index in [0.717, 1.165) is 48.1 Å². The van der Waals surface area contributed by atoms with Gasteiger partial charge in [-0.1, -0.05) is 41.9 Å². The fourth-order valence-corrected chi connectivity index (χ4v) is 3.30. The Morgan fingerprint density at radius 3 is 2.43 bits per heavy atom. The molecular formula is C19H18ClNO2. The molecule has 118 valence electrons. The largest absolute Gasteiger partial charge is 0.459 e. The maximum absolute atomic E-state index is 6.15. The van der Waals surface area contributed by atoms with Crippen molar-refractivity contribution in [2.75, 3.05) is 26.3 Å². The summed E-state index contributed by atoms with van der Waals surface area (Å²) in [7, 11) is 0. The Labute approximate surface area is 140 Å². The number of morpholine rings is 1. The van der Waals surface area contributed by atoms with Gasteiger partial charge in [0.05, 0.1) is 19.3 Å². The maximum Gasteiger partial charge on any atom is 0.134 e. The van der Waals surface area contributed by atoms with Crippen LogP contribution in [0.15, 0.2) is 59.0 Å². The lowest BCUT2D eigenvalue weighted by Gasteiger charge is -2.33. The van der Waals surface area contributed by atoms with E-state index < -0.39 is 0 Å². The van der Waals surface area contributed by atoms with Crippen molar-refractivity contribution in [2.24, 2.45) is 0 Å². The molecule has 23 heavy (non-hydrogen) atoms. The molecule has 0 amide bonds. The second kappa shape index (κ2) is 6.36. The third-order valence-corrected chi connectivity index (χ3v) is 4.56. The lowest BCUT2D eigenvalue weighted by molar-refractivity contribution is 0.0205. The molecule has 2 aromatic carbocycles. The predicted molar refractivity (Wildman–Crippen MR) is 91.9 cm³/mol. The summed E-state index contributed by atoms with van der Waals surface area (Å²) < 4.78 is 11.7. The van der Waals surface area contributed by atoms with Crippen molar-refractivity contribution in [3.63, 3.8) is 0 Å². The van der Waals surface area contributed by atoms with Gasteiger partial charge in [-0.15, -0.1) is 0 Å². The molecule has 3 nitrogen and oxygen atoms in total. The molecule has 0 radical (unpaired) electrons. The van der Waals surface area contributed by atoms with E-state index >= 15 is 0 Å². The van der Waals surface area contributed by atoms with Gasteiger partial charge in [0.15, 0.2) is 0 Å². The van der Waals surface area contributed by atoms with E-state index in [4.69, 9.17) is 20.8 Å². The molecule has 1 aliphatic heterocycles. The van der Waals surface area contributed by atoms with Crippen LogP contribution in [0, 0.1) is 0 Å². The molecule has 0 saturated carbocycles. The van der Waals surface area contributed by atoms with Crippen LogP contribution in [-0.2, 0) is 4.74 Å². The summed E-state index contributed by atoms with van der Waals surface area (Å²) in [6.07, 6.45) is 0. The third kappa shape index (κ3) is 3.00. The van der Waals surface area contributed by atoms with Crippen LogP contribution in [0.2, 0.25) is 5.02 Å². The summed E-state index contributed by atoms with van der Waals surface area (Å²) in [4.78, 5) is 2.41. The minimum absolute atomic E-state index is 0.0866. The van der Waals surface area contributed by atoms with Crippen molar-refractivity contribution in [3.05, 3.63) is 70.9 Å². The zero-order valence-corrected chi connectivity index (χ0v) is 13.5. The van der Waals surface area contributed by atoms with Gasteiger partial charge < -0.3 is 9.15 Å². The number of halogens is 1. The van der Waals surface area contributed by atoms with E-state index in [2.05, 4.69) is 29.2 Å². The van der Waals surface area contributed by atoms with Crippen LogP contribution in [0.3, 0.4) is 0 Å². The normalized spacial score (nSPS) is 17.4. The van der Waals surface area contributed by atoms with Crippen LogP contribution in [0.4, 0.5) is 0 Å². The zero-order chi connectivity index (χ0) is 15.6. The van der Waals surface area contributed by atoms with Gasteiger partial charge in [-0.2, -0.15) is 0 Å². The van der Waals surface area contributed by atoms with Crippen molar-refractivity contribution in [3.8, 4) is 0 Å². The first-order valence-corrected chi connectivity index (χ1v) is 8.25. The molecule has 0 bridgehead atoms. The van der Waals surface area contributed by atoms with Gasteiger partial charge in [-0.05, 0) is 29.8 Å². The second-order valence-electron chi connectivity index (χ2n) is 5.79. The first-order valence-electron chi connectivity index (χ1n) is 7.87. The Bertz CT molecular complexity index is 757. The molecule has 4 heteroatoms. The lowest BCUT2D eigenvalue weighted by Crippen LogP contribution is -2.39. The van der Waals surface area contributed by atoms with Crippen LogP contribution in [0.1, 0.15) is 17.4 Å². The quantitative estimate of drug-likeness (QED) is 0.708. The van der Waals surface area contributed by atoms with Crippen LogP contribution in [0.25, 0.3) is 11.0 Å². The van der Waals surface area contributed by atoms with Crippen molar-refractivity contribution >= 4 is 22.6 Å². The molecule has 1 atom stereocenters.